The molecule has 0 saturated carbocycles. The van der Waals surface area contributed by atoms with E-state index >= 15 is 0 Å². The maximum Gasteiger partial charge on any atom is 0.270 e. The fraction of sp³-hybridized carbons (Fsp3) is 0.727. The Labute approximate surface area is 93.8 Å². The van der Waals surface area contributed by atoms with Gasteiger partial charge in [-0.3, -0.25) is 9.89 Å². The fourth-order valence-corrected chi connectivity index (χ4v) is 2.57. The summed E-state index contributed by atoms with van der Waals surface area (Å²) in [5.74, 6) is 0. The van der Waals surface area contributed by atoms with Crippen LogP contribution in [0.2, 0.25) is 0 Å². The molecule has 3 heterocycles. The van der Waals surface area contributed by atoms with Crippen molar-refractivity contribution in [3.05, 3.63) is 21.6 Å². The summed E-state index contributed by atoms with van der Waals surface area (Å²) in [7, 11) is 0. The molecule has 1 aromatic rings. The summed E-state index contributed by atoms with van der Waals surface area (Å²) in [6.45, 7) is 3.18. The van der Waals surface area contributed by atoms with Crippen LogP contribution in [-0.4, -0.2) is 29.5 Å². The molecule has 0 bridgehead atoms. The van der Waals surface area contributed by atoms with Gasteiger partial charge >= 0.3 is 0 Å². The number of H-pyrrole nitrogens is 1. The van der Waals surface area contributed by atoms with Gasteiger partial charge in [-0.15, -0.1) is 0 Å². The fourth-order valence-electron chi connectivity index (χ4n) is 2.57. The second-order valence-electron chi connectivity index (χ2n) is 4.55. The largest absolute Gasteiger partial charge is 0.375 e. The summed E-state index contributed by atoms with van der Waals surface area (Å²) in [5.41, 5.74) is 2.06. The van der Waals surface area contributed by atoms with E-state index in [0.717, 1.165) is 43.6 Å². The van der Waals surface area contributed by atoms with Gasteiger partial charge < -0.3 is 10.1 Å². The zero-order chi connectivity index (χ0) is 11.0. The molecule has 88 valence electrons. The first-order chi connectivity index (χ1) is 7.86. The molecule has 5 nitrogen and oxygen atoms in total. The van der Waals surface area contributed by atoms with Crippen LogP contribution in [0.3, 0.4) is 0 Å². The lowest BCUT2D eigenvalue weighted by atomic mass is 10.1. The number of hydrogen-bond donors (Lipinski definition) is 2. The van der Waals surface area contributed by atoms with Gasteiger partial charge in [-0.25, -0.2) is 4.68 Å². The van der Waals surface area contributed by atoms with Gasteiger partial charge in [0.05, 0.1) is 24.9 Å². The van der Waals surface area contributed by atoms with Crippen LogP contribution >= 0.6 is 0 Å². The van der Waals surface area contributed by atoms with Crippen molar-refractivity contribution in [1.29, 1.82) is 0 Å². The molecule has 2 aliphatic heterocycles. The zero-order valence-electron chi connectivity index (χ0n) is 9.29. The Morgan fingerprint density at radius 1 is 1.44 bits per heavy atom. The second kappa shape index (κ2) is 4.07. The van der Waals surface area contributed by atoms with Crippen LogP contribution in [-0.2, 0) is 17.8 Å². The molecule has 5 heteroatoms. The first-order valence-electron chi connectivity index (χ1n) is 5.97. The lowest BCUT2D eigenvalue weighted by Crippen LogP contribution is -2.36. The van der Waals surface area contributed by atoms with Crippen LogP contribution in [0.15, 0.2) is 4.79 Å². The Bertz CT molecular complexity index is 429. The molecule has 0 amide bonds. The third kappa shape index (κ3) is 1.60. The smallest absolute Gasteiger partial charge is 0.270 e. The van der Waals surface area contributed by atoms with Crippen molar-refractivity contribution in [3.8, 4) is 0 Å². The third-order valence-corrected chi connectivity index (χ3v) is 3.48. The molecular formula is C11H17N3O2. The molecule has 0 spiro atoms. The predicted molar refractivity (Wildman–Crippen MR) is 59.6 cm³/mol. The van der Waals surface area contributed by atoms with E-state index < -0.39 is 0 Å². The highest BCUT2D eigenvalue weighted by Crippen LogP contribution is 2.17. The van der Waals surface area contributed by atoms with Crippen LogP contribution < -0.4 is 10.9 Å². The van der Waals surface area contributed by atoms with Gasteiger partial charge in [0.1, 0.15) is 0 Å². The number of nitrogens with one attached hydrogen (secondary N) is 2. The summed E-state index contributed by atoms with van der Waals surface area (Å²) in [5, 5.41) is 6.54. The van der Waals surface area contributed by atoms with Crippen molar-refractivity contribution in [2.75, 3.05) is 19.7 Å². The minimum Gasteiger partial charge on any atom is -0.375 e. The molecule has 16 heavy (non-hydrogen) atoms. The molecule has 1 atom stereocenters. The molecule has 0 aromatic carbocycles. The number of nitrogens with zero attached hydrogens (tertiary/aromatic N) is 1. The van der Waals surface area contributed by atoms with Crippen LogP contribution in [0, 0.1) is 0 Å². The van der Waals surface area contributed by atoms with Gasteiger partial charge in [-0.2, -0.15) is 0 Å². The molecule has 1 aromatic heterocycles. The average molecular weight is 223 g/mol. The Balaban J connectivity index is 1.94. The summed E-state index contributed by atoms with van der Waals surface area (Å²) in [6.07, 6.45) is 2.96. The number of piperidine rings is 1. The standard InChI is InChI=1S/C11H17N3O2/c15-11-9-3-5-16-7-10(9)13-14(11)8-2-1-4-12-6-8/h8,12-13H,1-7H2. The monoisotopic (exact) mass is 223 g/mol. The number of aromatic nitrogens is 2. The van der Waals surface area contributed by atoms with E-state index in [0.29, 0.717) is 13.2 Å². The molecule has 0 aliphatic carbocycles. The Hall–Kier alpha value is -1.07. The van der Waals surface area contributed by atoms with Gasteiger partial charge in [0.25, 0.3) is 5.56 Å². The molecule has 0 radical (unpaired) electrons. The van der Waals surface area contributed by atoms with E-state index in [1.807, 2.05) is 0 Å². The van der Waals surface area contributed by atoms with Crippen LogP contribution in [0.25, 0.3) is 0 Å². The van der Waals surface area contributed by atoms with Crippen molar-refractivity contribution in [2.45, 2.75) is 31.9 Å². The van der Waals surface area contributed by atoms with Crippen molar-refractivity contribution in [1.82, 2.24) is 15.1 Å². The van der Waals surface area contributed by atoms with E-state index in [2.05, 4.69) is 10.4 Å². The Morgan fingerprint density at radius 3 is 3.12 bits per heavy atom. The summed E-state index contributed by atoms with van der Waals surface area (Å²) >= 11 is 0. The average Bonchev–Trinajstić information content (AvgIpc) is 2.69. The molecule has 1 saturated heterocycles. The highest BCUT2D eigenvalue weighted by atomic mass is 16.5. The van der Waals surface area contributed by atoms with Crippen LogP contribution in [0.5, 0.6) is 0 Å². The second-order valence-corrected chi connectivity index (χ2v) is 4.55. The number of rotatable bonds is 1. The number of hydrogen-bond acceptors (Lipinski definition) is 3. The highest BCUT2D eigenvalue weighted by molar-refractivity contribution is 5.19. The Morgan fingerprint density at radius 2 is 2.38 bits per heavy atom. The van der Waals surface area contributed by atoms with Crippen LogP contribution in [0.1, 0.15) is 30.1 Å². The third-order valence-electron chi connectivity index (χ3n) is 3.48. The molecule has 1 fully saturated rings. The normalized spacial score (nSPS) is 25.4. The molecule has 1 unspecified atom stereocenters. The van der Waals surface area contributed by atoms with Crippen LogP contribution in [0.4, 0.5) is 0 Å². The van der Waals surface area contributed by atoms with Gasteiger partial charge in [0.2, 0.25) is 0 Å². The van der Waals surface area contributed by atoms with E-state index in [4.69, 9.17) is 4.74 Å². The summed E-state index contributed by atoms with van der Waals surface area (Å²) in [4.78, 5) is 12.2. The van der Waals surface area contributed by atoms with Gasteiger partial charge in [0.15, 0.2) is 0 Å². The van der Waals surface area contributed by atoms with Crippen molar-refractivity contribution >= 4 is 0 Å². The molecule has 3 rings (SSSR count). The minimum absolute atomic E-state index is 0.159. The first-order valence-corrected chi connectivity index (χ1v) is 5.97. The molecular weight excluding hydrogens is 206 g/mol. The van der Waals surface area contributed by atoms with Gasteiger partial charge in [-0.05, 0) is 19.4 Å². The lowest BCUT2D eigenvalue weighted by molar-refractivity contribution is 0.107. The maximum atomic E-state index is 12.2. The predicted octanol–water partition coefficient (Wildman–Crippen LogP) is 0.174. The van der Waals surface area contributed by atoms with E-state index in [1.54, 1.807) is 4.68 Å². The lowest BCUT2D eigenvalue weighted by Gasteiger charge is -2.23. The highest BCUT2D eigenvalue weighted by Gasteiger charge is 2.23. The topological polar surface area (TPSA) is 59.0 Å². The van der Waals surface area contributed by atoms with E-state index in [-0.39, 0.29) is 11.6 Å². The summed E-state index contributed by atoms with van der Waals surface area (Å²) < 4.78 is 7.15. The molecule has 2 N–H and O–H groups in total. The first kappa shape index (κ1) is 10.1. The number of ether oxygens (including phenoxy) is 1. The zero-order valence-corrected chi connectivity index (χ0v) is 9.29. The van der Waals surface area contributed by atoms with E-state index in [1.165, 1.54) is 0 Å². The Kier molecular flexibility index (Phi) is 2.57. The number of aromatic amines is 1. The number of fused-ring (bicyclic) bond motifs is 1. The van der Waals surface area contributed by atoms with Gasteiger partial charge in [0, 0.05) is 18.5 Å². The summed E-state index contributed by atoms with van der Waals surface area (Å²) in [6, 6.07) is 0.284. The SMILES string of the molecule is O=c1c2c([nH]n1C1CCCNC1)COCC2. The van der Waals surface area contributed by atoms with Crippen molar-refractivity contribution < 1.29 is 4.74 Å². The van der Waals surface area contributed by atoms with E-state index in [9.17, 15) is 4.79 Å². The van der Waals surface area contributed by atoms with Crippen molar-refractivity contribution in [2.24, 2.45) is 0 Å². The van der Waals surface area contributed by atoms with Gasteiger partial charge in [-0.1, -0.05) is 0 Å². The maximum absolute atomic E-state index is 12.2. The van der Waals surface area contributed by atoms with Crippen molar-refractivity contribution in [3.63, 3.8) is 0 Å². The minimum atomic E-state index is 0.159. The molecule has 2 aliphatic rings. The quantitative estimate of drug-likeness (QED) is 0.713.